The van der Waals surface area contributed by atoms with Crippen molar-refractivity contribution in [3.63, 3.8) is 0 Å². The Kier molecular flexibility index (Phi) is 4.86. The molecule has 0 saturated heterocycles. The minimum atomic E-state index is -0.237. The standard InChI is InChI=1S/C18H17FN4S/c1-13-6-2-5-9-16(13)20-18(24)21-17-10-11-23(22-17)12-14-7-3-4-8-15(14)19/h2-11H,12H2,1H3,(H2,20,21,22,24). The predicted octanol–water partition coefficient (Wildman–Crippen LogP) is 4.19. The van der Waals surface area contributed by atoms with Crippen LogP contribution in [0.3, 0.4) is 0 Å². The highest BCUT2D eigenvalue weighted by atomic mass is 32.1. The number of aromatic nitrogens is 2. The van der Waals surface area contributed by atoms with Gasteiger partial charge in [0, 0.05) is 23.5 Å². The Labute approximate surface area is 145 Å². The van der Waals surface area contributed by atoms with Crippen LogP contribution in [-0.2, 0) is 6.54 Å². The van der Waals surface area contributed by atoms with Gasteiger partial charge in [-0.1, -0.05) is 36.4 Å². The van der Waals surface area contributed by atoms with E-state index < -0.39 is 0 Å². The summed E-state index contributed by atoms with van der Waals surface area (Å²) in [4.78, 5) is 0. The van der Waals surface area contributed by atoms with E-state index in [9.17, 15) is 4.39 Å². The second kappa shape index (κ2) is 7.23. The molecule has 0 bridgehead atoms. The quantitative estimate of drug-likeness (QED) is 0.699. The van der Waals surface area contributed by atoms with Gasteiger partial charge >= 0.3 is 0 Å². The molecule has 0 atom stereocenters. The lowest BCUT2D eigenvalue weighted by molar-refractivity contribution is 0.586. The van der Waals surface area contributed by atoms with Crippen molar-refractivity contribution in [1.29, 1.82) is 0 Å². The fourth-order valence-corrected chi connectivity index (χ4v) is 2.52. The van der Waals surface area contributed by atoms with E-state index >= 15 is 0 Å². The Balaban J connectivity index is 1.63. The number of rotatable bonds is 4. The van der Waals surface area contributed by atoms with Gasteiger partial charge in [0.25, 0.3) is 0 Å². The maximum absolute atomic E-state index is 13.7. The first kappa shape index (κ1) is 16.1. The summed E-state index contributed by atoms with van der Waals surface area (Å²) in [6.07, 6.45) is 1.78. The summed E-state index contributed by atoms with van der Waals surface area (Å²) < 4.78 is 15.3. The molecule has 0 aliphatic rings. The number of hydrogen-bond acceptors (Lipinski definition) is 2. The van der Waals surface area contributed by atoms with E-state index in [4.69, 9.17) is 12.2 Å². The van der Waals surface area contributed by atoms with Gasteiger partial charge in [-0.05, 0) is 36.8 Å². The zero-order valence-electron chi connectivity index (χ0n) is 13.2. The molecule has 2 N–H and O–H groups in total. The molecule has 0 amide bonds. The first-order valence-electron chi connectivity index (χ1n) is 7.52. The number of nitrogens with one attached hydrogen (secondary N) is 2. The van der Waals surface area contributed by atoms with Gasteiger partial charge in [-0.25, -0.2) is 4.39 Å². The van der Waals surface area contributed by atoms with E-state index in [1.807, 2.05) is 37.3 Å². The fourth-order valence-electron chi connectivity index (χ4n) is 2.30. The minimum absolute atomic E-state index is 0.237. The van der Waals surface area contributed by atoms with Gasteiger partial charge in [-0.15, -0.1) is 0 Å². The number of halogens is 1. The van der Waals surface area contributed by atoms with Crippen molar-refractivity contribution in [2.24, 2.45) is 0 Å². The minimum Gasteiger partial charge on any atom is -0.332 e. The van der Waals surface area contributed by atoms with Crippen LogP contribution < -0.4 is 10.6 Å². The molecule has 24 heavy (non-hydrogen) atoms. The van der Waals surface area contributed by atoms with Crippen molar-refractivity contribution >= 4 is 28.8 Å². The van der Waals surface area contributed by atoms with Crippen LogP contribution >= 0.6 is 12.2 Å². The van der Waals surface area contributed by atoms with Gasteiger partial charge < -0.3 is 10.6 Å². The van der Waals surface area contributed by atoms with E-state index in [1.165, 1.54) is 6.07 Å². The Morgan fingerprint density at radius 1 is 1.08 bits per heavy atom. The lowest BCUT2D eigenvalue weighted by Gasteiger charge is -2.10. The van der Waals surface area contributed by atoms with Crippen molar-refractivity contribution in [3.8, 4) is 0 Å². The average Bonchev–Trinajstić information content (AvgIpc) is 2.99. The number of hydrogen-bond donors (Lipinski definition) is 2. The van der Waals surface area contributed by atoms with Crippen molar-refractivity contribution in [2.75, 3.05) is 10.6 Å². The Hall–Kier alpha value is -2.73. The van der Waals surface area contributed by atoms with Crippen LogP contribution in [0.1, 0.15) is 11.1 Å². The van der Waals surface area contributed by atoms with Gasteiger partial charge in [0.05, 0.1) is 6.54 Å². The smallest absolute Gasteiger partial charge is 0.176 e. The van der Waals surface area contributed by atoms with E-state index in [2.05, 4.69) is 15.7 Å². The Bertz CT molecular complexity index is 859. The lowest BCUT2D eigenvalue weighted by atomic mass is 10.2. The molecular weight excluding hydrogens is 323 g/mol. The second-order valence-electron chi connectivity index (χ2n) is 5.38. The van der Waals surface area contributed by atoms with E-state index in [1.54, 1.807) is 29.1 Å². The predicted molar refractivity (Wildman–Crippen MR) is 98.8 cm³/mol. The molecular formula is C18H17FN4S. The summed E-state index contributed by atoms with van der Waals surface area (Å²) >= 11 is 5.31. The summed E-state index contributed by atoms with van der Waals surface area (Å²) in [6.45, 7) is 2.38. The van der Waals surface area contributed by atoms with Gasteiger partial charge in [0.2, 0.25) is 0 Å². The van der Waals surface area contributed by atoms with Crippen LogP contribution in [0.25, 0.3) is 0 Å². The van der Waals surface area contributed by atoms with Crippen LogP contribution in [0.4, 0.5) is 15.9 Å². The summed E-state index contributed by atoms with van der Waals surface area (Å²) in [7, 11) is 0. The van der Waals surface area contributed by atoms with Gasteiger partial charge in [-0.2, -0.15) is 5.10 Å². The largest absolute Gasteiger partial charge is 0.332 e. The lowest BCUT2D eigenvalue weighted by Crippen LogP contribution is -2.20. The third-order valence-corrected chi connectivity index (χ3v) is 3.77. The molecule has 1 heterocycles. The van der Waals surface area contributed by atoms with Crippen molar-refractivity contribution in [2.45, 2.75) is 13.5 Å². The number of benzene rings is 2. The first-order chi connectivity index (χ1) is 11.6. The van der Waals surface area contributed by atoms with Crippen molar-refractivity contribution in [3.05, 3.63) is 77.7 Å². The summed E-state index contributed by atoms with van der Waals surface area (Å²) in [5.41, 5.74) is 2.64. The monoisotopic (exact) mass is 340 g/mol. The molecule has 122 valence electrons. The van der Waals surface area contributed by atoms with Crippen LogP contribution in [0, 0.1) is 12.7 Å². The third kappa shape index (κ3) is 3.97. The van der Waals surface area contributed by atoms with E-state index in [0.29, 0.717) is 23.0 Å². The normalized spacial score (nSPS) is 10.4. The van der Waals surface area contributed by atoms with Gasteiger partial charge in [0.15, 0.2) is 10.9 Å². The highest BCUT2D eigenvalue weighted by Crippen LogP contribution is 2.14. The molecule has 2 aromatic carbocycles. The molecule has 0 radical (unpaired) electrons. The van der Waals surface area contributed by atoms with Crippen LogP contribution in [0.5, 0.6) is 0 Å². The number of anilines is 2. The van der Waals surface area contributed by atoms with Crippen molar-refractivity contribution < 1.29 is 4.39 Å². The van der Waals surface area contributed by atoms with Gasteiger partial charge in [-0.3, -0.25) is 4.68 Å². The Morgan fingerprint density at radius 3 is 2.62 bits per heavy atom. The molecule has 0 fully saturated rings. The number of para-hydroxylation sites is 1. The molecule has 0 aliphatic heterocycles. The fraction of sp³-hybridized carbons (Fsp3) is 0.111. The topological polar surface area (TPSA) is 41.9 Å². The van der Waals surface area contributed by atoms with Crippen LogP contribution in [-0.4, -0.2) is 14.9 Å². The summed E-state index contributed by atoms with van der Waals surface area (Å²) in [5.74, 6) is 0.372. The van der Waals surface area contributed by atoms with Crippen LogP contribution in [0.2, 0.25) is 0 Å². The number of thiocarbonyl (C=S) groups is 1. The van der Waals surface area contributed by atoms with E-state index in [0.717, 1.165) is 11.3 Å². The van der Waals surface area contributed by atoms with Gasteiger partial charge in [0.1, 0.15) is 5.82 Å². The zero-order chi connectivity index (χ0) is 16.9. The number of aryl methyl sites for hydroxylation is 1. The highest BCUT2D eigenvalue weighted by Gasteiger charge is 2.06. The molecule has 1 aromatic heterocycles. The van der Waals surface area contributed by atoms with Crippen molar-refractivity contribution in [1.82, 2.24) is 9.78 Å². The maximum atomic E-state index is 13.7. The maximum Gasteiger partial charge on any atom is 0.176 e. The molecule has 0 spiro atoms. The first-order valence-corrected chi connectivity index (χ1v) is 7.93. The molecule has 0 saturated carbocycles. The summed E-state index contributed by atoms with van der Waals surface area (Å²) in [6, 6.07) is 16.4. The molecule has 0 unspecified atom stereocenters. The summed E-state index contributed by atoms with van der Waals surface area (Å²) in [5, 5.41) is 11.0. The molecule has 0 aliphatic carbocycles. The molecule has 3 aromatic rings. The third-order valence-electron chi connectivity index (χ3n) is 3.57. The molecule has 4 nitrogen and oxygen atoms in total. The Morgan fingerprint density at radius 2 is 1.83 bits per heavy atom. The second-order valence-corrected chi connectivity index (χ2v) is 5.79. The van der Waals surface area contributed by atoms with Crippen LogP contribution in [0.15, 0.2) is 60.8 Å². The molecule has 3 rings (SSSR count). The van der Waals surface area contributed by atoms with E-state index in [-0.39, 0.29) is 5.82 Å². The average molecular weight is 340 g/mol. The highest BCUT2D eigenvalue weighted by molar-refractivity contribution is 7.80. The number of nitrogens with zero attached hydrogens (tertiary/aromatic N) is 2. The zero-order valence-corrected chi connectivity index (χ0v) is 14.0. The SMILES string of the molecule is Cc1ccccc1NC(=S)Nc1ccn(Cc2ccccc2F)n1. The molecule has 6 heteroatoms.